The summed E-state index contributed by atoms with van der Waals surface area (Å²) in [7, 11) is 0. The Bertz CT molecular complexity index is 221. The fraction of sp³-hybridized carbons (Fsp3) is 0.909. The van der Waals surface area contributed by atoms with E-state index in [0.29, 0.717) is 11.7 Å². The van der Waals surface area contributed by atoms with Crippen LogP contribution in [0.2, 0.25) is 0 Å². The Labute approximate surface area is 73.5 Å². The van der Waals surface area contributed by atoms with Gasteiger partial charge in [-0.2, -0.15) is 0 Å². The number of rotatable bonds is 0. The maximum atomic E-state index is 11.5. The van der Waals surface area contributed by atoms with E-state index in [0.717, 1.165) is 24.2 Å². The minimum Gasteiger partial charge on any atom is -0.299 e. The van der Waals surface area contributed by atoms with E-state index in [9.17, 15) is 4.79 Å². The molecule has 3 aliphatic rings. The lowest BCUT2D eigenvalue weighted by Gasteiger charge is -2.34. The smallest absolute Gasteiger partial charge is 0.136 e. The number of hydrogen-bond donors (Lipinski definition) is 0. The van der Waals surface area contributed by atoms with Crippen molar-refractivity contribution in [2.75, 3.05) is 0 Å². The van der Waals surface area contributed by atoms with E-state index >= 15 is 0 Å². The molecule has 4 unspecified atom stereocenters. The van der Waals surface area contributed by atoms with Crippen molar-refractivity contribution in [2.45, 2.75) is 38.5 Å². The topological polar surface area (TPSA) is 17.1 Å². The summed E-state index contributed by atoms with van der Waals surface area (Å²) >= 11 is 0. The van der Waals surface area contributed by atoms with Gasteiger partial charge in [0.05, 0.1) is 0 Å². The van der Waals surface area contributed by atoms with E-state index in [1.54, 1.807) is 0 Å². The van der Waals surface area contributed by atoms with Crippen LogP contribution in [0.5, 0.6) is 0 Å². The van der Waals surface area contributed by atoms with Gasteiger partial charge in [-0.05, 0) is 37.0 Å². The van der Waals surface area contributed by atoms with Crippen molar-refractivity contribution in [1.82, 2.24) is 0 Å². The maximum Gasteiger partial charge on any atom is 0.136 e. The second kappa shape index (κ2) is 2.34. The summed E-state index contributed by atoms with van der Waals surface area (Å²) in [5, 5.41) is 0. The quantitative estimate of drug-likeness (QED) is 0.537. The van der Waals surface area contributed by atoms with Gasteiger partial charge < -0.3 is 0 Å². The summed E-state index contributed by atoms with van der Waals surface area (Å²) in [6, 6.07) is 0. The van der Waals surface area contributed by atoms with Crippen molar-refractivity contribution in [3.8, 4) is 0 Å². The van der Waals surface area contributed by atoms with E-state index in [1.807, 2.05) is 0 Å². The van der Waals surface area contributed by atoms with E-state index in [2.05, 4.69) is 0 Å². The van der Waals surface area contributed by atoms with Crippen LogP contribution in [0.4, 0.5) is 0 Å². The van der Waals surface area contributed by atoms with Gasteiger partial charge in [0.15, 0.2) is 0 Å². The summed E-state index contributed by atoms with van der Waals surface area (Å²) in [6.07, 6.45) is 7.80. The predicted molar refractivity (Wildman–Crippen MR) is 46.7 cm³/mol. The van der Waals surface area contributed by atoms with Gasteiger partial charge in [-0.3, -0.25) is 4.79 Å². The van der Waals surface area contributed by atoms with Crippen LogP contribution in [0, 0.1) is 23.7 Å². The molecule has 12 heavy (non-hydrogen) atoms. The predicted octanol–water partition coefficient (Wildman–Crippen LogP) is 2.40. The molecule has 66 valence electrons. The second-order valence-corrected chi connectivity index (χ2v) is 4.88. The minimum absolute atomic E-state index is 0.514. The van der Waals surface area contributed by atoms with Crippen molar-refractivity contribution < 1.29 is 4.79 Å². The molecule has 0 aliphatic heterocycles. The number of ketones is 1. The Balaban J connectivity index is 1.88. The van der Waals surface area contributed by atoms with Crippen LogP contribution in [0.3, 0.4) is 0 Å². The first kappa shape index (κ1) is 7.11. The zero-order chi connectivity index (χ0) is 8.13. The van der Waals surface area contributed by atoms with Gasteiger partial charge in [0, 0.05) is 12.3 Å². The minimum atomic E-state index is 0.514. The van der Waals surface area contributed by atoms with Crippen molar-refractivity contribution in [2.24, 2.45) is 23.7 Å². The average molecular weight is 164 g/mol. The van der Waals surface area contributed by atoms with Crippen molar-refractivity contribution in [3.63, 3.8) is 0 Å². The summed E-state index contributed by atoms with van der Waals surface area (Å²) in [5.74, 6) is 3.71. The zero-order valence-corrected chi connectivity index (χ0v) is 7.46. The van der Waals surface area contributed by atoms with Gasteiger partial charge in [0.1, 0.15) is 5.78 Å². The van der Waals surface area contributed by atoms with E-state index in [-0.39, 0.29) is 0 Å². The third-order valence-corrected chi connectivity index (χ3v) is 4.43. The second-order valence-electron chi connectivity index (χ2n) is 4.88. The number of fused-ring (bicyclic) bond motifs is 5. The Morgan fingerprint density at radius 3 is 2.67 bits per heavy atom. The highest BCUT2D eigenvalue weighted by molar-refractivity contribution is 5.84. The number of hydrogen-bond acceptors (Lipinski definition) is 1. The molecule has 0 amide bonds. The summed E-state index contributed by atoms with van der Waals surface area (Å²) in [5.41, 5.74) is 0. The Morgan fingerprint density at radius 1 is 1.08 bits per heavy atom. The molecule has 3 fully saturated rings. The fourth-order valence-electron chi connectivity index (χ4n) is 3.96. The van der Waals surface area contributed by atoms with Crippen LogP contribution < -0.4 is 0 Å². The molecule has 3 rings (SSSR count). The van der Waals surface area contributed by atoms with Gasteiger partial charge >= 0.3 is 0 Å². The third kappa shape index (κ3) is 0.773. The summed E-state index contributed by atoms with van der Waals surface area (Å²) in [4.78, 5) is 11.5. The van der Waals surface area contributed by atoms with Crippen LogP contribution in [-0.2, 0) is 4.79 Å². The highest BCUT2D eigenvalue weighted by atomic mass is 16.1. The van der Waals surface area contributed by atoms with Gasteiger partial charge in [-0.15, -0.1) is 0 Å². The molecule has 0 heterocycles. The molecule has 0 radical (unpaired) electrons. The molecular weight excluding hydrogens is 148 g/mol. The van der Waals surface area contributed by atoms with Gasteiger partial charge in [0.2, 0.25) is 0 Å². The lowest BCUT2D eigenvalue weighted by atomic mass is 9.71. The van der Waals surface area contributed by atoms with Crippen molar-refractivity contribution >= 4 is 5.78 Å². The Hall–Kier alpha value is -0.330. The normalized spacial score (nSPS) is 51.2. The largest absolute Gasteiger partial charge is 0.299 e. The van der Waals surface area contributed by atoms with Crippen molar-refractivity contribution in [1.29, 1.82) is 0 Å². The first-order valence-corrected chi connectivity index (χ1v) is 5.39. The number of Topliss-reactive ketones (excluding diaryl/α,β-unsaturated/α-hetero) is 1. The Kier molecular flexibility index (Phi) is 1.38. The lowest BCUT2D eigenvalue weighted by molar-refractivity contribution is -0.124. The van der Waals surface area contributed by atoms with Crippen LogP contribution in [0.1, 0.15) is 38.5 Å². The Morgan fingerprint density at radius 2 is 1.83 bits per heavy atom. The molecular formula is C11H16O. The first-order chi connectivity index (χ1) is 5.86. The molecule has 0 aromatic rings. The van der Waals surface area contributed by atoms with Gasteiger partial charge in [-0.25, -0.2) is 0 Å². The number of carbonyl (C=O) groups is 1. The average Bonchev–Trinajstić information content (AvgIpc) is 2.62. The molecule has 0 aromatic carbocycles. The van der Waals surface area contributed by atoms with Gasteiger partial charge in [0.25, 0.3) is 0 Å². The summed E-state index contributed by atoms with van der Waals surface area (Å²) in [6.45, 7) is 0. The molecule has 4 atom stereocenters. The lowest BCUT2D eigenvalue weighted by Crippen LogP contribution is -2.30. The fourth-order valence-corrected chi connectivity index (χ4v) is 3.96. The van der Waals surface area contributed by atoms with Crippen LogP contribution in [0.25, 0.3) is 0 Å². The highest BCUT2D eigenvalue weighted by Crippen LogP contribution is 2.55. The van der Waals surface area contributed by atoms with Crippen LogP contribution in [-0.4, -0.2) is 5.78 Å². The first-order valence-electron chi connectivity index (χ1n) is 5.39. The van der Waals surface area contributed by atoms with E-state index < -0.39 is 0 Å². The highest BCUT2D eigenvalue weighted by Gasteiger charge is 2.52. The maximum absolute atomic E-state index is 11.5. The molecule has 2 bridgehead atoms. The van der Waals surface area contributed by atoms with E-state index in [4.69, 9.17) is 0 Å². The molecule has 0 aromatic heterocycles. The van der Waals surface area contributed by atoms with E-state index in [1.165, 1.54) is 32.1 Å². The van der Waals surface area contributed by atoms with Crippen molar-refractivity contribution in [3.05, 3.63) is 0 Å². The molecule has 0 spiro atoms. The monoisotopic (exact) mass is 164 g/mol. The number of carbonyl (C=O) groups excluding carboxylic acids is 1. The molecule has 0 N–H and O–H groups in total. The standard InChI is InChI=1S/C11H16O/c12-11-6-7-5-10(11)9-4-2-1-3-8(7)9/h7-10H,1-6H2. The SMILES string of the molecule is O=C1CC2CC1C1CCCCC21. The molecule has 1 nitrogen and oxygen atoms in total. The van der Waals surface area contributed by atoms with Crippen LogP contribution >= 0.6 is 0 Å². The van der Waals surface area contributed by atoms with Gasteiger partial charge in [-0.1, -0.05) is 12.8 Å². The molecule has 1 heteroatoms. The molecule has 0 saturated heterocycles. The van der Waals surface area contributed by atoms with Crippen LogP contribution in [0.15, 0.2) is 0 Å². The molecule has 3 aliphatic carbocycles. The third-order valence-electron chi connectivity index (χ3n) is 4.43. The zero-order valence-electron chi connectivity index (χ0n) is 7.46. The summed E-state index contributed by atoms with van der Waals surface area (Å²) < 4.78 is 0. The molecule has 3 saturated carbocycles.